The van der Waals surface area contributed by atoms with Gasteiger partial charge < -0.3 is 31.5 Å². The number of carbonyl (C=O) groups excluding carboxylic acids is 4. The molecule has 0 aromatic carbocycles. The number of fused-ring (bicyclic) bond motifs is 3. The lowest BCUT2D eigenvalue weighted by atomic mass is 9.56. The largest absolute Gasteiger partial charge is 0.509 e. The molecule has 1 saturated carbocycles. The van der Waals surface area contributed by atoms with Crippen molar-refractivity contribution in [1.29, 1.82) is 0 Å². The fourth-order valence-corrected chi connectivity index (χ4v) is 7.07. The summed E-state index contributed by atoms with van der Waals surface area (Å²) in [6, 6.07) is -1.10. The van der Waals surface area contributed by atoms with Crippen molar-refractivity contribution >= 4 is 48.2 Å². The zero-order chi connectivity index (χ0) is 28.4. The van der Waals surface area contributed by atoms with Gasteiger partial charge in [-0.05, 0) is 70.8 Å². The predicted molar refractivity (Wildman–Crippen MR) is 151 cm³/mol. The second-order valence-corrected chi connectivity index (χ2v) is 11.4. The van der Waals surface area contributed by atoms with Gasteiger partial charge in [-0.2, -0.15) is 0 Å². The lowest BCUT2D eigenvalue weighted by molar-refractivity contribution is -0.138. The number of hydrogen-bond donors (Lipinski definition) is 6. The van der Waals surface area contributed by atoms with Crippen LogP contribution in [0.25, 0.3) is 0 Å². The van der Waals surface area contributed by atoms with Gasteiger partial charge in [-0.25, -0.2) is 0 Å². The minimum absolute atomic E-state index is 0. The Labute approximate surface area is 249 Å². The molecule has 4 unspecified atom stereocenters. The van der Waals surface area contributed by atoms with E-state index in [1.54, 1.807) is 26.2 Å². The lowest BCUT2D eigenvalue weighted by Gasteiger charge is -2.51. The highest BCUT2D eigenvalue weighted by atomic mass is 35.5. The highest BCUT2D eigenvalue weighted by Crippen LogP contribution is 2.54. The molecule has 2 amide bonds. The fourth-order valence-electron chi connectivity index (χ4n) is 7.07. The SMILES string of the molecule is CN(C)[C@@H]1C(=O)C(C(N)=O)=C(O)[C@@]2(O)C(O)=C3C(=O)C4C(O)=C(NC(=O)CN5CCCC5)C=CC4CC3CC12.Cl.Cl. The van der Waals surface area contributed by atoms with E-state index >= 15 is 0 Å². The molecule has 4 aliphatic carbocycles. The van der Waals surface area contributed by atoms with Crippen LogP contribution in [0.2, 0.25) is 0 Å². The number of aliphatic hydroxyl groups is 4. The van der Waals surface area contributed by atoms with Gasteiger partial charge >= 0.3 is 0 Å². The van der Waals surface area contributed by atoms with E-state index in [4.69, 9.17) is 5.73 Å². The number of allylic oxidation sites excluding steroid dienone is 4. The predicted octanol–water partition coefficient (Wildman–Crippen LogP) is 0.576. The zero-order valence-electron chi connectivity index (χ0n) is 22.7. The molecule has 226 valence electrons. The monoisotopic (exact) mass is 614 g/mol. The molecule has 12 nitrogen and oxygen atoms in total. The second-order valence-electron chi connectivity index (χ2n) is 11.4. The van der Waals surface area contributed by atoms with Crippen LogP contribution in [0, 0.1) is 23.7 Å². The summed E-state index contributed by atoms with van der Waals surface area (Å²) in [6.45, 7) is 1.79. The van der Waals surface area contributed by atoms with Crippen LogP contribution < -0.4 is 11.1 Å². The van der Waals surface area contributed by atoms with Crippen LogP contribution in [-0.2, 0) is 19.2 Å². The molecule has 0 spiro atoms. The Bertz CT molecular complexity index is 1290. The number of ketones is 2. The molecule has 14 heteroatoms. The van der Waals surface area contributed by atoms with Gasteiger partial charge in [-0.1, -0.05) is 6.08 Å². The Morgan fingerprint density at radius 3 is 2.29 bits per heavy atom. The van der Waals surface area contributed by atoms with E-state index in [1.807, 2.05) is 4.90 Å². The van der Waals surface area contributed by atoms with Crippen molar-refractivity contribution < 1.29 is 39.6 Å². The molecule has 0 aromatic rings. The quantitative estimate of drug-likeness (QED) is 0.238. The molecule has 5 rings (SSSR count). The number of rotatable bonds is 5. The van der Waals surface area contributed by atoms with E-state index < -0.39 is 69.9 Å². The summed E-state index contributed by atoms with van der Waals surface area (Å²) in [5.74, 6) is -8.56. The number of nitrogens with two attached hydrogens (primary N) is 1. The first-order chi connectivity index (χ1) is 18.4. The molecular formula is C27H36Cl2N4O8. The number of nitrogens with zero attached hydrogens (tertiary/aromatic N) is 2. The molecule has 0 aromatic heterocycles. The summed E-state index contributed by atoms with van der Waals surface area (Å²) < 4.78 is 0. The normalized spacial score (nSPS) is 33.1. The Kier molecular flexibility index (Phi) is 9.36. The summed E-state index contributed by atoms with van der Waals surface area (Å²) in [6.07, 6.45) is 5.69. The van der Waals surface area contributed by atoms with Crippen LogP contribution in [0.4, 0.5) is 0 Å². The van der Waals surface area contributed by atoms with Gasteiger partial charge in [0.15, 0.2) is 17.2 Å². The standard InChI is InChI=1S/C27H34N4O8.2ClH/c1-30(2)20-14-10-13-9-12-5-6-15(29-16(32)11-31-7-3-4-8-31)21(33)17(12)22(34)18(13)24(36)27(14,39)25(37)19(23(20)35)26(28)38;;/h5-6,12-14,17,20,33,36-37,39H,3-4,7-11H2,1-2H3,(H2,28,38)(H,29,32);2*1H/t12?,13?,14?,17?,20-,27-;;/m0../s1. The maximum Gasteiger partial charge on any atom is 0.255 e. The molecule has 41 heavy (non-hydrogen) atoms. The first kappa shape index (κ1) is 32.6. The molecule has 6 atom stereocenters. The first-order valence-corrected chi connectivity index (χ1v) is 13.2. The molecule has 7 N–H and O–H groups in total. The van der Waals surface area contributed by atoms with Crippen LogP contribution >= 0.6 is 24.8 Å². The van der Waals surface area contributed by atoms with Gasteiger partial charge in [-0.15, -0.1) is 24.8 Å². The minimum atomic E-state index is -2.60. The summed E-state index contributed by atoms with van der Waals surface area (Å²) in [5.41, 5.74) is 1.84. The molecule has 1 heterocycles. The van der Waals surface area contributed by atoms with Gasteiger partial charge in [0, 0.05) is 11.5 Å². The zero-order valence-corrected chi connectivity index (χ0v) is 24.3. The van der Waals surface area contributed by atoms with Gasteiger partial charge in [0.1, 0.15) is 22.9 Å². The Balaban J connectivity index is 0.00000231. The number of carbonyl (C=O) groups is 4. The van der Waals surface area contributed by atoms with Crippen molar-refractivity contribution in [3.63, 3.8) is 0 Å². The van der Waals surface area contributed by atoms with Gasteiger partial charge in [0.05, 0.1) is 24.2 Å². The van der Waals surface area contributed by atoms with E-state index in [0.717, 1.165) is 25.9 Å². The third kappa shape index (κ3) is 5.05. The molecule has 1 saturated heterocycles. The van der Waals surface area contributed by atoms with E-state index in [2.05, 4.69) is 5.32 Å². The number of likely N-dealkylation sites (N-methyl/N-ethyl adjacent to an activating group) is 1. The molecule has 0 radical (unpaired) electrons. The number of hydrogen-bond acceptors (Lipinski definition) is 10. The number of aliphatic hydroxyl groups excluding tert-OH is 3. The third-order valence-corrected chi connectivity index (χ3v) is 8.85. The number of nitrogens with one attached hydrogen (secondary N) is 1. The first-order valence-electron chi connectivity index (χ1n) is 13.2. The fraction of sp³-hybridized carbons (Fsp3) is 0.556. The molecule has 1 aliphatic heterocycles. The van der Waals surface area contributed by atoms with Crippen molar-refractivity contribution in [3.8, 4) is 0 Å². The van der Waals surface area contributed by atoms with Crippen molar-refractivity contribution in [2.75, 3.05) is 33.7 Å². The summed E-state index contributed by atoms with van der Waals surface area (Å²) in [4.78, 5) is 55.0. The van der Waals surface area contributed by atoms with Crippen LogP contribution in [-0.4, -0.2) is 99.0 Å². The van der Waals surface area contributed by atoms with Crippen molar-refractivity contribution in [3.05, 3.63) is 46.3 Å². The molecule has 2 fully saturated rings. The Hall–Kier alpha value is -2.90. The third-order valence-electron chi connectivity index (χ3n) is 8.85. The second kappa shape index (κ2) is 11.8. The topological polar surface area (TPSA) is 194 Å². The van der Waals surface area contributed by atoms with Crippen LogP contribution in [0.3, 0.4) is 0 Å². The maximum atomic E-state index is 13.8. The highest BCUT2D eigenvalue weighted by molar-refractivity contribution is 6.22. The number of primary amides is 1. The number of amides is 2. The van der Waals surface area contributed by atoms with Gasteiger partial charge in [-0.3, -0.25) is 29.0 Å². The van der Waals surface area contributed by atoms with Gasteiger partial charge in [0.25, 0.3) is 5.91 Å². The lowest BCUT2D eigenvalue weighted by Crippen LogP contribution is -2.63. The minimum Gasteiger partial charge on any atom is -0.509 e. The number of likely N-dealkylation sites (tertiary alicyclic amines) is 1. The van der Waals surface area contributed by atoms with E-state index in [9.17, 15) is 39.6 Å². The van der Waals surface area contributed by atoms with Crippen molar-refractivity contribution in [1.82, 2.24) is 15.1 Å². The summed E-state index contributed by atoms with van der Waals surface area (Å²) >= 11 is 0. The van der Waals surface area contributed by atoms with Gasteiger partial charge in [0.2, 0.25) is 5.91 Å². The van der Waals surface area contributed by atoms with Crippen molar-refractivity contribution in [2.24, 2.45) is 29.4 Å². The van der Waals surface area contributed by atoms with Crippen LogP contribution in [0.15, 0.2) is 46.3 Å². The Morgan fingerprint density at radius 2 is 1.71 bits per heavy atom. The van der Waals surface area contributed by atoms with E-state index in [0.29, 0.717) is 6.42 Å². The maximum absolute atomic E-state index is 13.8. The molecule has 5 aliphatic rings. The van der Waals surface area contributed by atoms with E-state index in [-0.39, 0.29) is 60.7 Å². The van der Waals surface area contributed by atoms with E-state index in [1.165, 1.54) is 4.90 Å². The van der Waals surface area contributed by atoms with Crippen molar-refractivity contribution in [2.45, 2.75) is 37.3 Å². The summed E-state index contributed by atoms with van der Waals surface area (Å²) in [5, 5.41) is 47.7. The average Bonchev–Trinajstić information content (AvgIpc) is 3.35. The smallest absolute Gasteiger partial charge is 0.255 e. The number of Topliss-reactive ketones (excluding diaryl/α,β-unsaturated/α-hetero) is 2. The molecule has 0 bridgehead atoms. The highest BCUT2D eigenvalue weighted by Gasteiger charge is 2.63. The van der Waals surface area contributed by atoms with Crippen LogP contribution in [0.5, 0.6) is 0 Å². The average molecular weight is 616 g/mol. The molecular weight excluding hydrogens is 579 g/mol. The van der Waals surface area contributed by atoms with Crippen LogP contribution in [0.1, 0.15) is 25.7 Å². The summed E-state index contributed by atoms with van der Waals surface area (Å²) in [7, 11) is 3.13. The number of halogens is 2. The Morgan fingerprint density at radius 1 is 1.07 bits per heavy atom.